The van der Waals surface area contributed by atoms with Gasteiger partial charge < -0.3 is 15.0 Å². The summed E-state index contributed by atoms with van der Waals surface area (Å²) >= 11 is 5.61. The molecule has 160 valence electrons. The second-order valence-corrected chi connectivity index (χ2v) is 7.34. The number of rotatable bonds is 6. The molecule has 0 radical (unpaired) electrons. The lowest BCUT2D eigenvalue weighted by Gasteiger charge is -2.24. The molecule has 1 aliphatic heterocycles. The molecule has 0 aliphatic carbocycles. The van der Waals surface area contributed by atoms with Gasteiger partial charge in [-0.2, -0.15) is 5.26 Å². The molecule has 1 N–H and O–H groups in total. The number of aryl methyl sites for hydroxylation is 1. The van der Waals surface area contributed by atoms with Crippen LogP contribution in [-0.2, 0) is 9.53 Å². The Labute approximate surface area is 185 Å². The van der Waals surface area contributed by atoms with Crippen molar-refractivity contribution in [3.63, 3.8) is 0 Å². The van der Waals surface area contributed by atoms with E-state index in [0.717, 1.165) is 0 Å². The van der Waals surface area contributed by atoms with E-state index in [2.05, 4.69) is 11.4 Å². The quantitative estimate of drug-likeness (QED) is 0.696. The Morgan fingerprint density at radius 3 is 2.58 bits per heavy atom. The van der Waals surface area contributed by atoms with Gasteiger partial charge in [0.1, 0.15) is 11.9 Å². The van der Waals surface area contributed by atoms with Crippen molar-refractivity contribution in [2.45, 2.75) is 19.4 Å². The van der Waals surface area contributed by atoms with Crippen molar-refractivity contribution in [1.82, 2.24) is 5.32 Å². The molecule has 1 saturated heterocycles. The maximum Gasteiger partial charge on any atom is 0.256 e. The van der Waals surface area contributed by atoms with Gasteiger partial charge in [0.2, 0.25) is 0 Å². The van der Waals surface area contributed by atoms with E-state index in [4.69, 9.17) is 17.0 Å². The van der Waals surface area contributed by atoms with Gasteiger partial charge in [0, 0.05) is 32.9 Å². The second kappa shape index (κ2) is 9.20. The van der Waals surface area contributed by atoms with Gasteiger partial charge in [-0.15, -0.1) is 0 Å². The minimum Gasteiger partial charge on any atom is -0.385 e. The summed E-state index contributed by atoms with van der Waals surface area (Å²) in [5.74, 6) is -1.54. The zero-order valence-electron chi connectivity index (χ0n) is 17.3. The zero-order chi connectivity index (χ0) is 22.7. The fourth-order valence-electron chi connectivity index (χ4n) is 3.49. The van der Waals surface area contributed by atoms with Gasteiger partial charge in [-0.3, -0.25) is 14.5 Å². The van der Waals surface area contributed by atoms with Crippen molar-refractivity contribution >= 4 is 40.5 Å². The van der Waals surface area contributed by atoms with E-state index in [9.17, 15) is 19.2 Å². The Hall–Kier alpha value is -3.35. The van der Waals surface area contributed by atoms with Crippen LogP contribution in [0.25, 0.3) is 0 Å². The monoisotopic (exact) mass is 440 g/mol. The predicted octanol–water partition coefficient (Wildman–Crippen LogP) is 2.91. The average Bonchev–Trinajstić information content (AvgIpc) is 3.00. The van der Waals surface area contributed by atoms with Crippen LogP contribution in [0.1, 0.15) is 27.9 Å². The van der Waals surface area contributed by atoms with E-state index in [0.29, 0.717) is 35.5 Å². The molecule has 2 aromatic carbocycles. The van der Waals surface area contributed by atoms with E-state index < -0.39 is 17.8 Å². The molecule has 2 aromatic rings. The first kappa shape index (κ1) is 22.3. The van der Waals surface area contributed by atoms with Crippen LogP contribution in [0.3, 0.4) is 0 Å². The number of ether oxygens (including phenoxy) is 1. The number of benzene rings is 2. The number of hydrogen-bond acceptors (Lipinski definition) is 5. The van der Waals surface area contributed by atoms with Crippen LogP contribution >= 0.6 is 12.2 Å². The van der Waals surface area contributed by atoms with Gasteiger partial charge >= 0.3 is 0 Å². The molecule has 0 spiro atoms. The predicted molar refractivity (Wildman–Crippen MR) is 119 cm³/mol. The zero-order valence-corrected chi connectivity index (χ0v) is 18.1. The number of carbonyl (C=O) groups excluding carboxylic acids is 2. The minimum atomic E-state index is -0.717. The molecule has 7 nitrogen and oxygen atoms in total. The van der Waals surface area contributed by atoms with Crippen molar-refractivity contribution in [1.29, 1.82) is 5.26 Å². The third-order valence-electron chi connectivity index (χ3n) is 5.10. The molecule has 1 aliphatic rings. The lowest BCUT2D eigenvalue weighted by molar-refractivity contribution is -0.118. The Balaban J connectivity index is 2.04. The number of anilines is 2. The smallest absolute Gasteiger partial charge is 0.256 e. The molecule has 1 fully saturated rings. The van der Waals surface area contributed by atoms with Crippen LogP contribution in [0, 0.1) is 24.1 Å². The minimum absolute atomic E-state index is 0.101. The Kier molecular flexibility index (Phi) is 6.63. The van der Waals surface area contributed by atoms with Crippen LogP contribution in [-0.4, -0.2) is 43.7 Å². The highest BCUT2D eigenvalue weighted by Crippen LogP contribution is 2.33. The van der Waals surface area contributed by atoms with Crippen LogP contribution in [0.5, 0.6) is 0 Å². The molecule has 2 amide bonds. The molecule has 1 atom stereocenters. The number of hydrogen-bond donors (Lipinski definition) is 1. The van der Waals surface area contributed by atoms with E-state index in [1.165, 1.54) is 31.2 Å². The largest absolute Gasteiger partial charge is 0.385 e. The second-order valence-electron chi connectivity index (χ2n) is 6.98. The number of nitrogens with one attached hydrogen (secondary N) is 1. The topological polar surface area (TPSA) is 85.7 Å². The lowest BCUT2D eigenvalue weighted by Crippen LogP contribution is -2.36. The van der Waals surface area contributed by atoms with Crippen molar-refractivity contribution in [3.8, 4) is 6.07 Å². The summed E-state index contributed by atoms with van der Waals surface area (Å²) < 4.78 is 19.8. The van der Waals surface area contributed by atoms with Crippen LogP contribution < -0.4 is 15.1 Å². The van der Waals surface area contributed by atoms with Crippen molar-refractivity contribution in [2.24, 2.45) is 0 Å². The first-order valence-electron chi connectivity index (χ1n) is 9.52. The van der Waals surface area contributed by atoms with Crippen LogP contribution in [0.4, 0.5) is 15.8 Å². The summed E-state index contributed by atoms with van der Waals surface area (Å²) in [5.41, 5.74) is 2.00. The Morgan fingerprint density at radius 1 is 1.29 bits per heavy atom. The molecule has 0 bridgehead atoms. The Bertz CT molecular complexity index is 1100. The number of methoxy groups -OCH3 is 1. The third kappa shape index (κ3) is 4.13. The number of thiocarbonyl (C=S) groups is 1. The maximum absolute atomic E-state index is 14.6. The SMILES string of the molecule is CNC(=O)c1ccc(N2C(=S)N(c3ccc(C#N)c(C)c3)C(=O)C2CCOC)cc1F. The lowest BCUT2D eigenvalue weighted by atomic mass is 10.1. The highest BCUT2D eigenvalue weighted by atomic mass is 32.1. The highest BCUT2D eigenvalue weighted by Gasteiger charge is 2.44. The van der Waals surface area contributed by atoms with Gasteiger partial charge in [0.25, 0.3) is 11.8 Å². The number of halogens is 1. The molecule has 1 unspecified atom stereocenters. The van der Waals surface area contributed by atoms with Gasteiger partial charge in [-0.1, -0.05) is 0 Å². The summed E-state index contributed by atoms with van der Waals surface area (Å²) in [6.45, 7) is 2.08. The van der Waals surface area contributed by atoms with E-state index in [1.54, 1.807) is 36.1 Å². The average molecular weight is 441 g/mol. The van der Waals surface area contributed by atoms with Gasteiger partial charge in [-0.25, -0.2) is 4.39 Å². The third-order valence-corrected chi connectivity index (χ3v) is 5.48. The molecule has 0 saturated carbocycles. The molecule has 0 aromatic heterocycles. The maximum atomic E-state index is 14.6. The summed E-state index contributed by atoms with van der Waals surface area (Å²) in [7, 11) is 2.95. The normalized spacial score (nSPS) is 15.9. The fraction of sp³-hybridized carbons (Fsp3) is 0.273. The van der Waals surface area contributed by atoms with Crippen LogP contribution in [0.2, 0.25) is 0 Å². The van der Waals surface area contributed by atoms with Gasteiger partial charge in [0.15, 0.2) is 5.11 Å². The summed E-state index contributed by atoms with van der Waals surface area (Å²) in [4.78, 5) is 28.1. The number of carbonyl (C=O) groups is 2. The van der Waals surface area contributed by atoms with Crippen molar-refractivity contribution in [3.05, 3.63) is 58.9 Å². The molecular weight excluding hydrogens is 419 g/mol. The standard InChI is InChI=1S/C22H21FN4O3S/c1-13-10-15(5-4-14(13)12-24)27-21(29)19(8-9-30-3)26(22(27)31)16-6-7-17(18(23)11-16)20(28)25-2/h4-7,10-11,19H,8-9H2,1-3H3,(H,25,28). The van der Waals surface area contributed by atoms with Crippen molar-refractivity contribution in [2.75, 3.05) is 30.6 Å². The first-order chi connectivity index (χ1) is 14.8. The van der Waals surface area contributed by atoms with Gasteiger partial charge in [0.05, 0.1) is 22.9 Å². The van der Waals surface area contributed by atoms with E-state index >= 15 is 0 Å². The summed E-state index contributed by atoms with van der Waals surface area (Å²) in [5, 5.41) is 11.7. The Morgan fingerprint density at radius 2 is 2.00 bits per heavy atom. The van der Waals surface area contributed by atoms with Crippen LogP contribution in [0.15, 0.2) is 36.4 Å². The number of nitrogens with zero attached hydrogens (tertiary/aromatic N) is 3. The molecule has 1 heterocycles. The van der Waals surface area contributed by atoms with E-state index in [-0.39, 0.29) is 16.6 Å². The molecule has 3 rings (SSSR count). The molecular formula is C22H21FN4O3S. The number of nitriles is 1. The summed E-state index contributed by atoms with van der Waals surface area (Å²) in [6.07, 6.45) is 0.333. The fourth-order valence-corrected chi connectivity index (χ4v) is 3.92. The highest BCUT2D eigenvalue weighted by molar-refractivity contribution is 7.81. The summed E-state index contributed by atoms with van der Waals surface area (Å²) in [6, 6.07) is 10.5. The molecule has 9 heteroatoms. The van der Waals surface area contributed by atoms with Crippen molar-refractivity contribution < 1.29 is 18.7 Å². The molecule has 31 heavy (non-hydrogen) atoms. The number of amides is 2. The van der Waals surface area contributed by atoms with E-state index in [1.807, 2.05) is 0 Å². The van der Waals surface area contributed by atoms with Gasteiger partial charge in [-0.05, 0) is 61.1 Å². The first-order valence-corrected chi connectivity index (χ1v) is 9.93.